The molecule has 1 aromatic carbocycles. The summed E-state index contributed by atoms with van der Waals surface area (Å²) in [4.78, 5) is 16.2. The van der Waals surface area contributed by atoms with Crippen LogP contribution in [-0.4, -0.2) is 27.6 Å². The van der Waals surface area contributed by atoms with Gasteiger partial charge in [0.25, 0.3) is 0 Å². The quantitative estimate of drug-likeness (QED) is 0.839. The molecule has 2 aromatic rings. The van der Waals surface area contributed by atoms with Crippen molar-refractivity contribution < 1.29 is 18.0 Å². The van der Waals surface area contributed by atoms with Gasteiger partial charge in [0.15, 0.2) is 5.82 Å². The van der Waals surface area contributed by atoms with E-state index in [1.165, 1.54) is 0 Å². The summed E-state index contributed by atoms with van der Waals surface area (Å²) in [6, 6.07) is 8.26. The van der Waals surface area contributed by atoms with E-state index >= 15 is 0 Å². The predicted octanol–water partition coefficient (Wildman–Crippen LogP) is 4.45. The zero-order chi connectivity index (χ0) is 17.9. The topological polar surface area (TPSA) is 66.9 Å². The molecule has 3 rings (SSSR count). The third-order valence-corrected chi connectivity index (χ3v) is 4.78. The van der Waals surface area contributed by atoms with E-state index in [4.69, 9.17) is 0 Å². The smallest absolute Gasteiger partial charge is 0.335 e. The Hall–Kier alpha value is -2.16. The highest BCUT2D eigenvalue weighted by Gasteiger charge is 2.42. The number of nitrogens with zero attached hydrogens (tertiary/aromatic N) is 2. The molecule has 2 N–H and O–H groups in total. The van der Waals surface area contributed by atoms with Crippen LogP contribution in [0.5, 0.6) is 0 Å². The van der Waals surface area contributed by atoms with E-state index in [-0.39, 0.29) is 12.8 Å². The van der Waals surface area contributed by atoms with Crippen LogP contribution in [0, 0.1) is 5.92 Å². The van der Waals surface area contributed by atoms with Gasteiger partial charge in [0.05, 0.1) is 5.92 Å². The average molecular weight is 370 g/mol. The maximum absolute atomic E-state index is 12.8. The van der Waals surface area contributed by atoms with Gasteiger partial charge in [-0.3, -0.25) is 5.32 Å². The summed E-state index contributed by atoms with van der Waals surface area (Å²) in [5, 5.41) is 5.46. The van der Waals surface area contributed by atoms with Crippen LogP contribution in [-0.2, 0) is 0 Å². The minimum atomic E-state index is -4.21. The van der Waals surface area contributed by atoms with Gasteiger partial charge >= 0.3 is 12.2 Å². The van der Waals surface area contributed by atoms with Crippen molar-refractivity contribution in [2.45, 2.75) is 37.9 Å². The molecule has 1 aliphatic rings. The van der Waals surface area contributed by atoms with Gasteiger partial charge in [0.2, 0.25) is 5.13 Å². The van der Waals surface area contributed by atoms with Crippen molar-refractivity contribution in [3.05, 3.63) is 30.3 Å². The third kappa shape index (κ3) is 4.68. The number of halogens is 3. The molecule has 0 spiro atoms. The molecule has 1 aromatic heterocycles. The van der Waals surface area contributed by atoms with Gasteiger partial charge in [0, 0.05) is 23.1 Å². The van der Waals surface area contributed by atoms with Crippen molar-refractivity contribution in [2.75, 3.05) is 5.32 Å². The summed E-state index contributed by atoms with van der Waals surface area (Å²) in [5.41, 5.74) is 0.826. The molecule has 0 saturated heterocycles. The molecule has 9 heteroatoms. The highest BCUT2D eigenvalue weighted by Crippen LogP contribution is 2.37. The molecule has 2 atom stereocenters. The fourth-order valence-electron chi connectivity index (χ4n) is 2.92. The lowest BCUT2D eigenvalue weighted by molar-refractivity contribution is -0.183. The Labute approximate surface area is 146 Å². The monoisotopic (exact) mass is 370 g/mol. The van der Waals surface area contributed by atoms with Crippen LogP contribution in [0.2, 0.25) is 0 Å². The number of carbonyl (C=O) groups excluding carboxylic acids is 1. The first-order chi connectivity index (χ1) is 11.9. The molecule has 2 amide bonds. The average Bonchev–Trinajstić information content (AvgIpc) is 3.03. The van der Waals surface area contributed by atoms with Gasteiger partial charge < -0.3 is 5.32 Å². The number of amides is 2. The highest BCUT2D eigenvalue weighted by molar-refractivity contribution is 7.10. The zero-order valence-electron chi connectivity index (χ0n) is 13.2. The van der Waals surface area contributed by atoms with E-state index in [0.717, 1.165) is 17.1 Å². The molecule has 0 unspecified atom stereocenters. The number of urea groups is 1. The number of aromatic nitrogens is 2. The molecule has 5 nitrogen and oxygen atoms in total. The lowest BCUT2D eigenvalue weighted by atomic mass is 9.85. The van der Waals surface area contributed by atoms with E-state index in [2.05, 4.69) is 20.0 Å². The summed E-state index contributed by atoms with van der Waals surface area (Å²) in [5.74, 6) is -0.853. The number of rotatable bonds is 3. The van der Waals surface area contributed by atoms with Gasteiger partial charge in [-0.15, -0.1) is 0 Å². The van der Waals surface area contributed by atoms with Crippen molar-refractivity contribution >= 4 is 22.7 Å². The molecule has 0 bridgehead atoms. The molecule has 1 aliphatic carbocycles. The highest BCUT2D eigenvalue weighted by atomic mass is 32.1. The van der Waals surface area contributed by atoms with E-state index < -0.39 is 24.2 Å². The van der Waals surface area contributed by atoms with Crippen LogP contribution in [0.25, 0.3) is 11.4 Å². The van der Waals surface area contributed by atoms with Gasteiger partial charge in [-0.2, -0.15) is 22.5 Å². The van der Waals surface area contributed by atoms with Crippen LogP contribution >= 0.6 is 11.5 Å². The Morgan fingerprint density at radius 3 is 2.68 bits per heavy atom. The largest absolute Gasteiger partial charge is 0.391 e. The number of anilines is 1. The first-order valence-electron chi connectivity index (χ1n) is 7.95. The van der Waals surface area contributed by atoms with E-state index in [9.17, 15) is 18.0 Å². The van der Waals surface area contributed by atoms with Crippen molar-refractivity contribution in [3.8, 4) is 11.4 Å². The zero-order valence-corrected chi connectivity index (χ0v) is 14.0. The van der Waals surface area contributed by atoms with Crippen LogP contribution in [0.4, 0.5) is 23.1 Å². The van der Waals surface area contributed by atoms with Crippen LogP contribution in [0.15, 0.2) is 30.3 Å². The molecule has 1 heterocycles. The predicted molar refractivity (Wildman–Crippen MR) is 89.3 cm³/mol. The minimum Gasteiger partial charge on any atom is -0.335 e. The van der Waals surface area contributed by atoms with Gasteiger partial charge in [-0.25, -0.2) is 4.79 Å². The van der Waals surface area contributed by atoms with E-state index in [1.54, 1.807) is 0 Å². The number of benzene rings is 1. The van der Waals surface area contributed by atoms with Crippen LogP contribution in [0.1, 0.15) is 25.7 Å². The first kappa shape index (κ1) is 17.7. The number of alkyl halides is 3. The molecule has 1 saturated carbocycles. The molecule has 0 aliphatic heterocycles. The van der Waals surface area contributed by atoms with Crippen molar-refractivity contribution in [2.24, 2.45) is 5.92 Å². The van der Waals surface area contributed by atoms with Crippen molar-refractivity contribution in [1.82, 2.24) is 14.7 Å². The van der Waals surface area contributed by atoms with Crippen molar-refractivity contribution in [1.29, 1.82) is 0 Å². The Morgan fingerprint density at radius 1 is 1.20 bits per heavy atom. The standard InChI is InChI=1S/C16H17F3N4OS/c17-16(18,19)11-7-4-8-12(9-11)20-14(24)22-15-21-13(23-25-15)10-5-2-1-3-6-10/h1-3,5-6,11-12H,4,7-9H2,(H2,20,21,22,23,24)/t11-,12+/m0/s1. The van der Waals surface area contributed by atoms with Crippen LogP contribution in [0.3, 0.4) is 0 Å². The number of hydrogen-bond donors (Lipinski definition) is 2. The molecule has 134 valence electrons. The van der Waals surface area contributed by atoms with E-state index in [1.807, 2.05) is 30.3 Å². The maximum Gasteiger partial charge on any atom is 0.391 e. The second-order valence-electron chi connectivity index (χ2n) is 5.99. The SMILES string of the molecule is O=C(Nc1nc(-c2ccccc2)ns1)N[C@@H]1CCC[C@H](C(F)(F)F)C1. The van der Waals surface area contributed by atoms with Gasteiger partial charge in [-0.1, -0.05) is 36.8 Å². The van der Waals surface area contributed by atoms with Crippen LogP contribution < -0.4 is 10.6 Å². The minimum absolute atomic E-state index is 0.0810. The Kier molecular flexibility index (Phi) is 5.22. The Balaban J connectivity index is 1.55. The summed E-state index contributed by atoms with van der Waals surface area (Å²) in [6.45, 7) is 0. The number of carbonyl (C=O) groups is 1. The van der Waals surface area contributed by atoms with Gasteiger partial charge in [0.1, 0.15) is 0 Å². The Bertz CT molecular complexity index is 720. The summed E-state index contributed by atoms with van der Waals surface area (Å²) in [7, 11) is 0. The second kappa shape index (κ2) is 7.38. The molecule has 0 radical (unpaired) electrons. The lowest BCUT2D eigenvalue weighted by Gasteiger charge is -2.30. The van der Waals surface area contributed by atoms with Crippen molar-refractivity contribution in [3.63, 3.8) is 0 Å². The first-order valence-corrected chi connectivity index (χ1v) is 8.72. The Morgan fingerprint density at radius 2 is 1.96 bits per heavy atom. The molecule has 1 fully saturated rings. The number of nitrogens with one attached hydrogen (secondary N) is 2. The van der Waals surface area contributed by atoms with Gasteiger partial charge in [-0.05, 0) is 19.3 Å². The van der Waals surface area contributed by atoms with E-state index in [0.29, 0.717) is 23.8 Å². The fourth-order valence-corrected chi connectivity index (χ4v) is 3.50. The lowest BCUT2D eigenvalue weighted by Crippen LogP contribution is -2.43. The normalized spacial score (nSPS) is 20.9. The molecular weight excluding hydrogens is 353 g/mol. The summed E-state index contributed by atoms with van der Waals surface area (Å²) in [6.07, 6.45) is -3.17. The molecule has 25 heavy (non-hydrogen) atoms. The number of hydrogen-bond acceptors (Lipinski definition) is 4. The fraction of sp³-hybridized carbons (Fsp3) is 0.438. The third-order valence-electron chi connectivity index (χ3n) is 4.15. The molecular formula is C16H17F3N4OS. The second-order valence-corrected chi connectivity index (χ2v) is 6.74. The summed E-state index contributed by atoms with van der Waals surface area (Å²) >= 11 is 1.03. The summed E-state index contributed by atoms with van der Waals surface area (Å²) < 4.78 is 42.6. The maximum atomic E-state index is 12.8.